The summed E-state index contributed by atoms with van der Waals surface area (Å²) in [6.07, 6.45) is -0.668. The molecule has 4 rings (SSSR count). The number of fused-ring (bicyclic) bond motifs is 1. The fourth-order valence-electron chi connectivity index (χ4n) is 4.60. The normalized spacial score (nSPS) is 18.2. The van der Waals surface area contributed by atoms with Crippen LogP contribution in [0, 0.1) is 5.82 Å². The minimum absolute atomic E-state index is 0.0103. The number of likely N-dealkylation sites (tertiary alicyclic amines) is 1. The lowest BCUT2D eigenvalue weighted by Gasteiger charge is -2.37. The number of nitrogens with zero attached hydrogens (tertiary/aromatic N) is 1. The van der Waals surface area contributed by atoms with Crippen molar-refractivity contribution in [3.63, 3.8) is 0 Å². The van der Waals surface area contributed by atoms with Gasteiger partial charge >= 0.3 is 6.09 Å². The van der Waals surface area contributed by atoms with Gasteiger partial charge in [-0.25, -0.2) is 9.18 Å². The van der Waals surface area contributed by atoms with Gasteiger partial charge < -0.3 is 24.2 Å². The van der Waals surface area contributed by atoms with Crippen LogP contribution in [-0.4, -0.2) is 56.8 Å². The highest BCUT2D eigenvalue weighted by Gasteiger charge is 2.33. The van der Waals surface area contributed by atoms with Crippen LogP contribution in [0.3, 0.4) is 0 Å². The predicted octanol–water partition coefficient (Wildman–Crippen LogP) is 6.72. The number of halogens is 1. The number of hydrogen-bond acceptors (Lipinski definition) is 4. The van der Waals surface area contributed by atoms with Gasteiger partial charge in [0.05, 0.1) is 19.3 Å². The van der Waals surface area contributed by atoms with Crippen LogP contribution in [0.25, 0.3) is 10.8 Å². The molecular weight excluding hydrogens is 489 g/mol. The zero-order valence-electron chi connectivity index (χ0n) is 21.8. The number of amides is 1. The molecule has 1 amide bonds. The Balaban J connectivity index is 1.44. The van der Waals surface area contributed by atoms with Crippen molar-refractivity contribution < 1.29 is 28.5 Å². The van der Waals surface area contributed by atoms with Crippen molar-refractivity contribution >= 4 is 24.9 Å². The molecule has 6 nitrogen and oxygen atoms in total. The lowest BCUT2D eigenvalue weighted by molar-refractivity contribution is -0.0199. The van der Waals surface area contributed by atoms with Gasteiger partial charge in [0.15, 0.2) is 6.79 Å². The van der Waals surface area contributed by atoms with Gasteiger partial charge in [-0.05, 0) is 53.2 Å². The smallest absolute Gasteiger partial charge is 0.407 e. The molecule has 1 heterocycles. The van der Waals surface area contributed by atoms with Gasteiger partial charge in [-0.2, -0.15) is 0 Å². The molecule has 37 heavy (non-hydrogen) atoms. The van der Waals surface area contributed by atoms with E-state index in [4.69, 9.17) is 14.2 Å². The van der Waals surface area contributed by atoms with Crippen LogP contribution in [-0.2, 0) is 16.1 Å². The topological polar surface area (TPSA) is 68.2 Å². The molecule has 198 valence electrons. The number of benzene rings is 3. The Morgan fingerprint density at radius 3 is 2.62 bits per heavy atom. The quantitative estimate of drug-likeness (QED) is 0.181. The Hall–Kier alpha value is -2.94. The molecule has 3 aromatic rings. The average Bonchev–Trinajstić information content (AvgIpc) is 2.87. The van der Waals surface area contributed by atoms with Crippen molar-refractivity contribution in [1.29, 1.82) is 0 Å². The van der Waals surface area contributed by atoms with Crippen LogP contribution < -0.4 is 4.74 Å². The molecule has 0 aromatic heterocycles. The predicted molar refractivity (Wildman–Crippen MR) is 145 cm³/mol. The van der Waals surface area contributed by atoms with E-state index in [1.54, 1.807) is 12.1 Å². The molecule has 1 aliphatic rings. The summed E-state index contributed by atoms with van der Waals surface area (Å²) in [5, 5.41) is 11.6. The monoisotopic (exact) mass is 525 g/mol. The van der Waals surface area contributed by atoms with Crippen LogP contribution in [0.15, 0.2) is 60.7 Å². The van der Waals surface area contributed by atoms with Gasteiger partial charge in [-0.15, -0.1) is 0 Å². The summed E-state index contributed by atoms with van der Waals surface area (Å²) < 4.78 is 31.5. The Morgan fingerprint density at radius 1 is 1.11 bits per heavy atom. The molecule has 2 unspecified atom stereocenters. The second-order valence-electron chi connectivity index (χ2n) is 10.8. The summed E-state index contributed by atoms with van der Waals surface area (Å²) in [6.45, 7) is 8.88. The van der Waals surface area contributed by atoms with E-state index in [0.717, 1.165) is 33.7 Å². The van der Waals surface area contributed by atoms with Gasteiger partial charge in [0.25, 0.3) is 0 Å². The third kappa shape index (κ3) is 7.53. The van der Waals surface area contributed by atoms with E-state index in [2.05, 4.69) is 25.7 Å². The van der Waals surface area contributed by atoms with Crippen LogP contribution in [0.2, 0.25) is 25.7 Å². The minimum Gasteiger partial charge on any atom is -0.467 e. The first-order valence-corrected chi connectivity index (χ1v) is 16.5. The Bertz CT molecular complexity index is 1200. The average molecular weight is 526 g/mol. The summed E-state index contributed by atoms with van der Waals surface area (Å²) in [6, 6.07) is 19.5. The van der Waals surface area contributed by atoms with Crippen LogP contribution in [0.5, 0.6) is 5.75 Å². The van der Waals surface area contributed by atoms with Crippen molar-refractivity contribution in [1.82, 2.24) is 4.90 Å². The first kappa shape index (κ1) is 27.1. The summed E-state index contributed by atoms with van der Waals surface area (Å²) >= 11 is 0. The summed E-state index contributed by atoms with van der Waals surface area (Å²) in [5.74, 6) is 0.454. The fourth-order valence-corrected chi connectivity index (χ4v) is 5.36. The summed E-state index contributed by atoms with van der Waals surface area (Å²) in [7, 11) is -1.15. The Labute approximate surface area is 219 Å². The van der Waals surface area contributed by atoms with Gasteiger partial charge in [-0.1, -0.05) is 56.0 Å². The highest BCUT2D eigenvalue weighted by Crippen LogP contribution is 2.32. The van der Waals surface area contributed by atoms with Crippen molar-refractivity contribution in [2.75, 3.05) is 26.5 Å². The lowest BCUT2D eigenvalue weighted by atomic mass is 9.87. The van der Waals surface area contributed by atoms with Gasteiger partial charge in [0.2, 0.25) is 0 Å². The van der Waals surface area contributed by atoms with E-state index in [1.165, 1.54) is 17.0 Å². The molecular formula is C29H36FNO5Si. The maximum Gasteiger partial charge on any atom is 0.407 e. The zero-order chi connectivity index (χ0) is 26.4. The van der Waals surface area contributed by atoms with Crippen LogP contribution in [0.4, 0.5) is 9.18 Å². The Morgan fingerprint density at radius 2 is 1.89 bits per heavy atom. The van der Waals surface area contributed by atoms with Crippen LogP contribution in [0.1, 0.15) is 23.5 Å². The van der Waals surface area contributed by atoms with Crippen LogP contribution >= 0.6 is 0 Å². The van der Waals surface area contributed by atoms with E-state index < -0.39 is 14.2 Å². The van der Waals surface area contributed by atoms with Crippen molar-refractivity contribution in [3.8, 4) is 5.75 Å². The lowest BCUT2D eigenvalue weighted by Crippen LogP contribution is -2.46. The van der Waals surface area contributed by atoms with Crippen molar-refractivity contribution in [3.05, 3.63) is 77.6 Å². The van der Waals surface area contributed by atoms with E-state index in [9.17, 15) is 14.3 Å². The highest BCUT2D eigenvalue weighted by molar-refractivity contribution is 6.76. The second-order valence-corrected chi connectivity index (χ2v) is 16.4. The molecule has 2 atom stereocenters. The number of rotatable bonds is 10. The first-order valence-electron chi connectivity index (χ1n) is 12.8. The zero-order valence-corrected chi connectivity index (χ0v) is 22.8. The highest BCUT2D eigenvalue weighted by atomic mass is 28.3. The molecule has 3 aromatic carbocycles. The maximum absolute atomic E-state index is 13.5. The van der Waals surface area contributed by atoms with E-state index >= 15 is 0 Å². The molecule has 0 radical (unpaired) electrons. The molecule has 0 aliphatic carbocycles. The van der Waals surface area contributed by atoms with E-state index in [1.807, 2.05) is 30.3 Å². The maximum atomic E-state index is 13.5. The third-order valence-corrected chi connectivity index (χ3v) is 8.50. The van der Waals surface area contributed by atoms with E-state index in [-0.39, 0.29) is 31.2 Å². The van der Waals surface area contributed by atoms with E-state index in [0.29, 0.717) is 26.2 Å². The number of ether oxygens (including phenoxy) is 3. The Kier molecular flexibility index (Phi) is 8.84. The number of hydrogen-bond donors (Lipinski definition) is 1. The minimum atomic E-state index is -1.15. The van der Waals surface area contributed by atoms with Gasteiger partial charge in [0, 0.05) is 32.5 Å². The molecule has 0 bridgehead atoms. The van der Waals surface area contributed by atoms with Gasteiger partial charge in [0.1, 0.15) is 11.6 Å². The second kappa shape index (κ2) is 12.1. The fraction of sp³-hybridized carbons (Fsp3) is 0.414. The molecule has 1 N–H and O–H groups in total. The standard InChI is InChI=1S/C29H36FNO5Si/c1-37(2,3)16-15-34-20-36-27-6-4-5-22-8-7-21(17-26(22)27)19-35-28-18-31(29(32)33)14-13-25(28)23-9-11-24(30)12-10-23/h4-12,17,25,28H,13-16,18-20H2,1-3H3,(H,32,33). The number of carboxylic acid groups (broad SMARTS) is 1. The number of carbonyl (C=O) groups is 1. The molecule has 1 aliphatic heterocycles. The summed E-state index contributed by atoms with van der Waals surface area (Å²) in [5.41, 5.74) is 1.92. The molecule has 0 saturated carbocycles. The SMILES string of the molecule is C[Si](C)(C)CCOCOc1cccc2ccc(COC3CN(C(=O)O)CCC3c3ccc(F)cc3)cc12. The van der Waals surface area contributed by atoms with Crippen molar-refractivity contribution in [2.45, 2.75) is 50.7 Å². The first-order chi connectivity index (χ1) is 17.7. The third-order valence-electron chi connectivity index (χ3n) is 6.79. The largest absolute Gasteiger partial charge is 0.467 e. The van der Waals surface area contributed by atoms with Crippen molar-refractivity contribution in [2.24, 2.45) is 0 Å². The molecule has 0 spiro atoms. The molecule has 1 fully saturated rings. The number of piperidine rings is 1. The molecule has 1 saturated heterocycles. The van der Waals surface area contributed by atoms with Gasteiger partial charge in [-0.3, -0.25) is 0 Å². The summed E-state index contributed by atoms with van der Waals surface area (Å²) in [4.78, 5) is 13.0. The molecule has 8 heteroatoms.